The van der Waals surface area contributed by atoms with Crippen LogP contribution in [0.25, 0.3) is 11.4 Å². The topological polar surface area (TPSA) is 109 Å². The number of nitrogens with zero attached hydrogens (tertiary/aromatic N) is 3. The first-order valence-corrected chi connectivity index (χ1v) is 9.73. The molecule has 0 fully saturated rings. The van der Waals surface area contributed by atoms with Crippen molar-refractivity contribution >= 4 is 17.6 Å². The Kier molecular flexibility index (Phi) is 6.90. The summed E-state index contributed by atoms with van der Waals surface area (Å²) in [4.78, 5) is 8.84. The van der Waals surface area contributed by atoms with E-state index in [2.05, 4.69) is 25.8 Å². The number of guanidine groups is 1. The molecular weight excluding hydrogens is 394 g/mol. The van der Waals surface area contributed by atoms with E-state index in [4.69, 9.17) is 20.5 Å². The summed E-state index contributed by atoms with van der Waals surface area (Å²) in [7, 11) is 0. The predicted molar refractivity (Wildman–Crippen MR) is 111 cm³/mol. The summed E-state index contributed by atoms with van der Waals surface area (Å²) in [6.45, 7) is 5.01. The molecule has 0 aliphatic rings. The number of benzene rings is 1. The lowest BCUT2D eigenvalue weighted by molar-refractivity contribution is 0.0437. The zero-order chi connectivity index (χ0) is 20.7. The molecule has 3 rings (SSSR count). The van der Waals surface area contributed by atoms with Crippen molar-refractivity contribution in [1.29, 1.82) is 0 Å². The Balaban J connectivity index is 1.55. The van der Waals surface area contributed by atoms with Crippen molar-refractivity contribution in [2.24, 2.45) is 4.99 Å². The molecule has 1 aromatic carbocycles. The lowest BCUT2D eigenvalue weighted by Gasteiger charge is -2.19. The van der Waals surface area contributed by atoms with Gasteiger partial charge in [-0.05, 0) is 50.2 Å². The number of halogens is 1. The Hall–Kier alpha value is -2.84. The first-order valence-electron chi connectivity index (χ1n) is 9.35. The van der Waals surface area contributed by atoms with Gasteiger partial charge in [0, 0.05) is 30.1 Å². The monoisotopic (exact) mass is 417 g/mol. The lowest BCUT2D eigenvalue weighted by atomic mass is 10.0. The highest BCUT2D eigenvalue weighted by molar-refractivity contribution is 6.30. The highest BCUT2D eigenvalue weighted by atomic mass is 35.5. The lowest BCUT2D eigenvalue weighted by Crippen LogP contribution is -2.39. The fourth-order valence-corrected chi connectivity index (χ4v) is 2.72. The number of aliphatic imine (C=N–C) groups is 1. The largest absolute Gasteiger partial charge is 0.466 e. The minimum Gasteiger partial charge on any atom is -0.466 e. The minimum atomic E-state index is -1.19. The molecule has 0 saturated carbocycles. The van der Waals surface area contributed by atoms with Crippen molar-refractivity contribution in [2.75, 3.05) is 19.6 Å². The Bertz CT molecular complexity index is 920. The molecular formula is C20H24ClN5O3. The molecule has 0 spiro atoms. The molecule has 0 aliphatic carbocycles. The fourth-order valence-electron chi connectivity index (χ4n) is 2.60. The molecule has 1 unspecified atom stereocenters. The zero-order valence-electron chi connectivity index (χ0n) is 16.4. The van der Waals surface area contributed by atoms with E-state index < -0.39 is 5.60 Å². The quantitative estimate of drug-likeness (QED) is 0.382. The number of hydrogen-bond donors (Lipinski definition) is 3. The maximum Gasteiger partial charge on any atom is 0.228 e. The molecule has 3 aromatic rings. The third-order valence-corrected chi connectivity index (χ3v) is 4.40. The van der Waals surface area contributed by atoms with Gasteiger partial charge in [0.15, 0.2) is 5.96 Å². The van der Waals surface area contributed by atoms with Crippen LogP contribution in [0.1, 0.15) is 25.5 Å². The summed E-state index contributed by atoms with van der Waals surface area (Å²) in [5.41, 5.74) is -0.348. The van der Waals surface area contributed by atoms with Crippen LogP contribution in [0.5, 0.6) is 0 Å². The first-order chi connectivity index (χ1) is 14.0. The molecule has 3 N–H and O–H groups in total. The van der Waals surface area contributed by atoms with Gasteiger partial charge in [-0.3, -0.25) is 0 Å². The zero-order valence-corrected chi connectivity index (χ0v) is 17.1. The number of furan rings is 1. The number of aliphatic hydroxyl groups is 1. The maximum atomic E-state index is 10.5. The Morgan fingerprint density at radius 1 is 1.24 bits per heavy atom. The second-order valence-electron chi connectivity index (χ2n) is 6.64. The van der Waals surface area contributed by atoms with Gasteiger partial charge in [0.05, 0.1) is 12.8 Å². The summed E-state index contributed by atoms with van der Waals surface area (Å²) in [5, 5.41) is 21.5. The minimum absolute atomic E-state index is 0.150. The summed E-state index contributed by atoms with van der Waals surface area (Å²) in [6.07, 6.45) is 2.05. The van der Waals surface area contributed by atoms with Crippen molar-refractivity contribution in [1.82, 2.24) is 20.8 Å². The van der Waals surface area contributed by atoms with Crippen LogP contribution >= 0.6 is 11.6 Å². The van der Waals surface area contributed by atoms with E-state index in [0.717, 1.165) is 5.56 Å². The second kappa shape index (κ2) is 9.58. The molecule has 2 aromatic heterocycles. The normalized spacial score (nSPS) is 13.9. The van der Waals surface area contributed by atoms with Crippen LogP contribution in [0.3, 0.4) is 0 Å². The first kappa shape index (κ1) is 20.9. The molecule has 0 radical (unpaired) electrons. The van der Waals surface area contributed by atoms with Crippen LogP contribution in [-0.2, 0) is 12.0 Å². The van der Waals surface area contributed by atoms with Crippen LogP contribution in [0, 0.1) is 0 Å². The number of rotatable bonds is 8. The molecule has 2 heterocycles. The van der Waals surface area contributed by atoms with E-state index in [1.807, 2.05) is 19.1 Å². The molecule has 29 heavy (non-hydrogen) atoms. The highest BCUT2D eigenvalue weighted by Crippen LogP contribution is 2.21. The van der Waals surface area contributed by atoms with Gasteiger partial charge in [-0.25, -0.2) is 4.99 Å². The SMILES string of the molecule is CCNC(=NCC(C)(O)c1ccco1)NCCc1nc(-c2ccc(Cl)cc2)no1. The number of hydrogen-bond acceptors (Lipinski definition) is 6. The average Bonchev–Trinajstić information content (AvgIpc) is 3.39. The van der Waals surface area contributed by atoms with Crippen LogP contribution in [0.15, 0.2) is 56.6 Å². The molecule has 0 amide bonds. The molecule has 0 aliphatic heterocycles. The Labute approximate surface area is 174 Å². The molecule has 0 saturated heterocycles. The van der Waals surface area contributed by atoms with Crippen LogP contribution in [0.4, 0.5) is 0 Å². The summed E-state index contributed by atoms with van der Waals surface area (Å²) in [5.74, 6) is 2.09. The third kappa shape index (κ3) is 5.82. The number of nitrogens with one attached hydrogen (secondary N) is 2. The summed E-state index contributed by atoms with van der Waals surface area (Å²) >= 11 is 5.90. The van der Waals surface area contributed by atoms with Crippen molar-refractivity contribution in [2.45, 2.75) is 25.9 Å². The van der Waals surface area contributed by atoms with E-state index in [-0.39, 0.29) is 6.54 Å². The summed E-state index contributed by atoms with van der Waals surface area (Å²) < 4.78 is 10.6. The van der Waals surface area contributed by atoms with E-state index >= 15 is 0 Å². The van der Waals surface area contributed by atoms with Gasteiger partial charge in [-0.1, -0.05) is 16.8 Å². The van der Waals surface area contributed by atoms with Gasteiger partial charge in [0.1, 0.15) is 11.4 Å². The Morgan fingerprint density at radius 3 is 2.72 bits per heavy atom. The van der Waals surface area contributed by atoms with Gasteiger partial charge in [0.25, 0.3) is 0 Å². The van der Waals surface area contributed by atoms with Crippen LogP contribution in [-0.4, -0.2) is 40.8 Å². The van der Waals surface area contributed by atoms with Gasteiger partial charge >= 0.3 is 0 Å². The third-order valence-electron chi connectivity index (χ3n) is 4.14. The predicted octanol–water partition coefficient (Wildman–Crippen LogP) is 2.99. The van der Waals surface area contributed by atoms with Crippen molar-refractivity contribution < 1.29 is 14.0 Å². The van der Waals surface area contributed by atoms with E-state index in [1.165, 1.54) is 6.26 Å². The summed E-state index contributed by atoms with van der Waals surface area (Å²) in [6, 6.07) is 10.7. The van der Waals surface area contributed by atoms with E-state index in [9.17, 15) is 5.11 Å². The maximum absolute atomic E-state index is 10.5. The van der Waals surface area contributed by atoms with E-state index in [1.54, 1.807) is 31.2 Å². The standard InChI is InChI=1S/C20H24ClN5O3/c1-3-22-19(24-13-20(2,27)16-5-4-12-28-16)23-11-10-17-25-18(26-29-17)14-6-8-15(21)9-7-14/h4-9,12,27H,3,10-11,13H2,1-2H3,(H2,22,23,24). The van der Waals surface area contributed by atoms with Gasteiger partial charge in [0.2, 0.25) is 11.7 Å². The molecule has 0 bridgehead atoms. The van der Waals surface area contributed by atoms with Crippen molar-refractivity contribution in [3.63, 3.8) is 0 Å². The Morgan fingerprint density at radius 2 is 2.03 bits per heavy atom. The molecule has 154 valence electrons. The van der Waals surface area contributed by atoms with Gasteiger partial charge in [-0.2, -0.15) is 4.98 Å². The average molecular weight is 418 g/mol. The second-order valence-corrected chi connectivity index (χ2v) is 7.08. The van der Waals surface area contributed by atoms with Crippen molar-refractivity contribution in [3.8, 4) is 11.4 Å². The number of aromatic nitrogens is 2. The van der Waals surface area contributed by atoms with Crippen molar-refractivity contribution in [3.05, 3.63) is 59.3 Å². The smallest absolute Gasteiger partial charge is 0.228 e. The fraction of sp³-hybridized carbons (Fsp3) is 0.350. The van der Waals surface area contributed by atoms with Crippen LogP contribution in [0.2, 0.25) is 5.02 Å². The van der Waals surface area contributed by atoms with E-state index in [0.29, 0.717) is 48.0 Å². The molecule has 1 atom stereocenters. The molecule has 8 nitrogen and oxygen atoms in total. The van der Waals surface area contributed by atoms with Gasteiger partial charge in [-0.15, -0.1) is 0 Å². The highest BCUT2D eigenvalue weighted by Gasteiger charge is 2.26. The molecule has 9 heteroatoms. The van der Waals surface area contributed by atoms with Crippen LogP contribution < -0.4 is 10.6 Å². The van der Waals surface area contributed by atoms with Gasteiger partial charge < -0.3 is 24.7 Å².